The molecule has 104 valence electrons. The van der Waals surface area contributed by atoms with Crippen LogP contribution in [0.3, 0.4) is 0 Å². The first-order chi connectivity index (χ1) is 8.73. The Bertz CT molecular complexity index is 517. The second-order valence-electron chi connectivity index (χ2n) is 4.24. The summed E-state index contributed by atoms with van der Waals surface area (Å²) in [6.45, 7) is 2.82. The fourth-order valence-electron chi connectivity index (χ4n) is 1.32. The lowest BCUT2D eigenvalue weighted by Crippen LogP contribution is -2.48. The number of ether oxygens (including phenoxy) is 1. The second kappa shape index (κ2) is 5.04. The number of carboxylic acid groups (broad SMARTS) is 1. The van der Waals surface area contributed by atoms with E-state index in [1.165, 1.54) is 32.9 Å². The van der Waals surface area contributed by atoms with E-state index in [1.807, 2.05) is 0 Å². The normalized spacial score (nSPS) is 10.9. The molecule has 0 unspecified atom stereocenters. The summed E-state index contributed by atoms with van der Waals surface area (Å²) in [6, 6.07) is 0. The van der Waals surface area contributed by atoms with E-state index < -0.39 is 22.1 Å². The maximum Gasteiger partial charge on any atom is 0.372 e. The lowest BCUT2D eigenvalue weighted by Gasteiger charge is -2.31. The van der Waals surface area contributed by atoms with E-state index in [1.54, 1.807) is 0 Å². The predicted molar refractivity (Wildman–Crippen MR) is 65.4 cm³/mol. The number of rotatable bonds is 5. The van der Waals surface area contributed by atoms with Crippen molar-refractivity contribution >= 4 is 17.5 Å². The molecule has 0 radical (unpaired) electrons. The zero-order valence-electron chi connectivity index (χ0n) is 10.9. The smallest absolute Gasteiger partial charge is 0.372 e. The highest BCUT2D eigenvalue weighted by atomic mass is 16.6. The monoisotopic (exact) mass is 270 g/mol. The van der Waals surface area contributed by atoms with Crippen LogP contribution in [0.4, 0.5) is 11.5 Å². The number of methoxy groups -OCH3 is 1. The molecule has 0 bridgehead atoms. The number of aromatic nitrogens is 2. The second-order valence-corrected chi connectivity index (χ2v) is 4.24. The van der Waals surface area contributed by atoms with Crippen molar-refractivity contribution in [3.05, 3.63) is 16.4 Å². The number of likely N-dealkylation sites (N-methyl/N-ethyl adjacent to an activating group) is 1. The summed E-state index contributed by atoms with van der Waals surface area (Å²) in [5, 5.41) is 20.2. The highest BCUT2D eigenvalue weighted by Crippen LogP contribution is 2.35. The van der Waals surface area contributed by atoms with Crippen LogP contribution in [0.2, 0.25) is 0 Å². The molecule has 1 aromatic heterocycles. The Labute approximate surface area is 109 Å². The number of aliphatic carboxylic acids is 1. The minimum Gasteiger partial charge on any atom is -0.480 e. The third-order valence-corrected chi connectivity index (χ3v) is 2.82. The number of carboxylic acids is 1. The minimum atomic E-state index is -1.37. The zero-order valence-corrected chi connectivity index (χ0v) is 10.9. The molecule has 0 amide bonds. The number of hydrogen-bond acceptors (Lipinski definition) is 7. The van der Waals surface area contributed by atoms with Gasteiger partial charge in [-0.05, 0) is 13.8 Å². The molecular formula is C10H14N4O5. The van der Waals surface area contributed by atoms with Crippen LogP contribution in [0.15, 0.2) is 6.33 Å². The van der Waals surface area contributed by atoms with Crippen LogP contribution < -0.4 is 9.64 Å². The topological polar surface area (TPSA) is 119 Å². The molecule has 0 aliphatic heterocycles. The van der Waals surface area contributed by atoms with Gasteiger partial charge in [0, 0.05) is 7.05 Å². The van der Waals surface area contributed by atoms with E-state index >= 15 is 0 Å². The average molecular weight is 270 g/mol. The molecule has 0 atom stereocenters. The van der Waals surface area contributed by atoms with Gasteiger partial charge in [-0.15, -0.1) is 0 Å². The van der Waals surface area contributed by atoms with Gasteiger partial charge < -0.3 is 14.7 Å². The van der Waals surface area contributed by atoms with Crippen LogP contribution in [-0.4, -0.2) is 45.7 Å². The van der Waals surface area contributed by atoms with E-state index in [2.05, 4.69) is 9.97 Å². The van der Waals surface area contributed by atoms with Crippen LogP contribution in [0, 0.1) is 10.1 Å². The SMILES string of the molecule is COc1ncnc(N(C)C(C)(C)C(=O)O)c1[N+](=O)[O-]. The van der Waals surface area contributed by atoms with E-state index in [9.17, 15) is 14.9 Å². The summed E-state index contributed by atoms with van der Waals surface area (Å²) < 4.78 is 4.80. The van der Waals surface area contributed by atoms with Crippen molar-refractivity contribution in [3.63, 3.8) is 0 Å². The van der Waals surface area contributed by atoms with Gasteiger partial charge in [0.25, 0.3) is 5.88 Å². The van der Waals surface area contributed by atoms with Crippen LogP contribution in [0.5, 0.6) is 5.88 Å². The molecule has 0 saturated heterocycles. The number of hydrogen-bond donors (Lipinski definition) is 1. The Kier molecular flexibility index (Phi) is 3.88. The average Bonchev–Trinajstić information content (AvgIpc) is 2.36. The number of nitrogens with zero attached hydrogens (tertiary/aromatic N) is 4. The van der Waals surface area contributed by atoms with Crippen molar-refractivity contribution in [1.82, 2.24) is 9.97 Å². The lowest BCUT2D eigenvalue weighted by atomic mass is 10.0. The summed E-state index contributed by atoms with van der Waals surface area (Å²) in [7, 11) is 2.64. The Morgan fingerprint density at radius 1 is 1.53 bits per heavy atom. The Morgan fingerprint density at radius 3 is 2.53 bits per heavy atom. The van der Waals surface area contributed by atoms with Gasteiger partial charge in [0.2, 0.25) is 5.82 Å². The molecule has 0 aromatic carbocycles. The standard InChI is InChI=1S/C10H14N4O5/c1-10(2,9(15)16)13(3)7-6(14(17)18)8(19-4)12-5-11-7/h5H,1-4H3,(H,15,16). The van der Waals surface area contributed by atoms with Crippen molar-refractivity contribution in [2.45, 2.75) is 19.4 Å². The van der Waals surface area contributed by atoms with Crippen molar-refractivity contribution in [2.75, 3.05) is 19.1 Å². The molecule has 19 heavy (non-hydrogen) atoms. The fourth-order valence-corrected chi connectivity index (χ4v) is 1.32. The minimum absolute atomic E-state index is 0.121. The molecular weight excluding hydrogens is 256 g/mol. The van der Waals surface area contributed by atoms with E-state index in [4.69, 9.17) is 9.84 Å². The number of nitro groups is 1. The molecule has 0 aliphatic carbocycles. The zero-order chi connectivity index (χ0) is 14.8. The maximum atomic E-state index is 11.2. The summed E-state index contributed by atoms with van der Waals surface area (Å²) in [5.41, 5.74) is -1.84. The largest absolute Gasteiger partial charge is 0.480 e. The fraction of sp³-hybridized carbons (Fsp3) is 0.500. The molecule has 0 spiro atoms. The molecule has 1 rings (SSSR count). The van der Waals surface area contributed by atoms with Crippen LogP contribution in [0.1, 0.15) is 13.8 Å². The molecule has 0 fully saturated rings. The van der Waals surface area contributed by atoms with Gasteiger partial charge in [0.1, 0.15) is 11.9 Å². The highest BCUT2D eigenvalue weighted by Gasteiger charge is 2.38. The first-order valence-corrected chi connectivity index (χ1v) is 5.24. The third-order valence-electron chi connectivity index (χ3n) is 2.82. The summed E-state index contributed by atoms with van der Waals surface area (Å²) in [6.07, 6.45) is 1.08. The number of anilines is 1. The van der Waals surface area contributed by atoms with Crippen LogP contribution in [0.25, 0.3) is 0 Å². The summed E-state index contributed by atoms with van der Waals surface area (Å²) in [5.74, 6) is -1.48. The quantitative estimate of drug-likeness (QED) is 0.613. The van der Waals surface area contributed by atoms with Gasteiger partial charge in [-0.3, -0.25) is 10.1 Å². The van der Waals surface area contributed by atoms with Crippen molar-refractivity contribution in [1.29, 1.82) is 0 Å². The van der Waals surface area contributed by atoms with Gasteiger partial charge >= 0.3 is 11.7 Å². The van der Waals surface area contributed by atoms with Gasteiger partial charge in [0.05, 0.1) is 12.0 Å². The first-order valence-electron chi connectivity index (χ1n) is 5.24. The van der Waals surface area contributed by atoms with E-state index in [-0.39, 0.29) is 11.7 Å². The molecule has 1 N–H and O–H groups in total. The molecule has 1 aromatic rings. The Hall–Kier alpha value is -2.45. The van der Waals surface area contributed by atoms with Crippen molar-refractivity contribution in [3.8, 4) is 5.88 Å². The highest BCUT2D eigenvalue weighted by molar-refractivity contribution is 5.83. The Morgan fingerprint density at radius 2 is 2.11 bits per heavy atom. The first kappa shape index (κ1) is 14.6. The lowest BCUT2D eigenvalue weighted by molar-refractivity contribution is -0.385. The summed E-state index contributed by atoms with van der Waals surface area (Å²) in [4.78, 5) is 30.2. The van der Waals surface area contributed by atoms with E-state index in [0.717, 1.165) is 6.33 Å². The van der Waals surface area contributed by atoms with Crippen molar-refractivity contribution in [2.24, 2.45) is 0 Å². The molecule has 9 heteroatoms. The molecule has 9 nitrogen and oxygen atoms in total. The van der Waals surface area contributed by atoms with Crippen molar-refractivity contribution < 1.29 is 19.6 Å². The predicted octanol–water partition coefficient (Wildman–Crippen LogP) is 0.693. The Balaban J connectivity index is 3.43. The van der Waals surface area contributed by atoms with E-state index in [0.29, 0.717) is 0 Å². The van der Waals surface area contributed by atoms with Gasteiger partial charge in [-0.1, -0.05) is 0 Å². The molecule has 0 aliphatic rings. The third kappa shape index (κ3) is 2.54. The molecule has 0 saturated carbocycles. The number of carbonyl (C=O) groups is 1. The summed E-state index contributed by atoms with van der Waals surface area (Å²) >= 11 is 0. The van der Waals surface area contributed by atoms with Crippen LogP contribution in [-0.2, 0) is 4.79 Å². The maximum absolute atomic E-state index is 11.2. The molecule has 1 heterocycles. The van der Waals surface area contributed by atoms with Crippen LogP contribution >= 0.6 is 0 Å². The van der Waals surface area contributed by atoms with Gasteiger partial charge in [-0.25, -0.2) is 9.78 Å². The van der Waals surface area contributed by atoms with Gasteiger partial charge in [0.15, 0.2) is 0 Å². The van der Waals surface area contributed by atoms with Gasteiger partial charge in [-0.2, -0.15) is 4.98 Å².